The van der Waals surface area contributed by atoms with Crippen LogP contribution in [-0.2, 0) is 13.1 Å². The van der Waals surface area contributed by atoms with Gasteiger partial charge in [-0.3, -0.25) is 4.90 Å². The third kappa shape index (κ3) is 1.03. The fourth-order valence-electron chi connectivity index (χ4n) is 1.42. The molecular formula is C7H12N4. The first kappa shape index (κ1) is 6.79. The number of aryl methyl sites for hydroxylation is 1. The fourth-order valence-corrected chi connectivity index (χ4v) is 1.42. The molecule has 60 valence electrons. The lowest BCUT2D eigenvalue weighted by atomic mass is 10.4. The highest BCUT2D eigenvalue weighted by Gasteiger charge is 2.15. The van der Waals surface area contributed by atoms with Gasteiger partial charge >= 0.3 is 0 Å². The summed E-state index contributed by atoms with van der Waals surface area (Å²) in [5.74, 6) is 2.13. The van der Waals surface area contributed by atoms with E-state index in [1.54, 1.807) is 0 Å². The molecule has 0 N–H and O–H groups in total. The van der Waals surface area contributed by atoms with Gasteiger partial charge in [-0.05, 0) is 14.0 Å². The van der Waals surface area contributed by atoms with Crippen molar-refractivity contribution in [2.45, 2.75) is 20.0 Å². The summed E-state index contributed by atoms with van der Waals surface area (Å²) in [7, 11) is 2.10. The summed E-state index contributed by atoms with van der Waals surface area (Å²) >= 11 is 0. The minimum atomic E-state index is 0.931. The van der Waals surface area contributed by atoms with Crippen LogP contribution in [0.25, 0.3) is 0 Å². The van der Waals surface area contributed by atoms with E-state index < -0.39 is 0 Å². The molecule has 11 heavy (non-hydrogen) atoms. The molecule has 0 saturated carbocycles. The van der Waals surface area contributed by atoms with Gasteiger partial charge in [-0.1, -0.05) is 0 Å². The first-order valence-corrected chi connectivity index (χ1v) is 3.84. The third-order valence-corrected chi connectivity index (χ3v) is 2.13. The van der Waals surface area contributed by atoms with Crippen LogP contribution in [0, 0.1) is 6.92 Å². The second kappa shape index (κ2) is 2.30. The Kier molecular flexibility index (Phi) is 1.42. The molecule has 1 aromatic rings. The van der Waals surface area contributed by atoms with Crippen molar-refractivity contribution in [3.63, 3.8) is 0 Å². The van der Waals surface area contributed by atoms with Crippen LogP contribution in [-0.4, -0.2) is 33.3 Å². The summed E-state index contributed by atoms with van der Waals surface area (Å²) in [4.78, 5) is 2.25. The molecule has 0 unspecified atom stereocenters. The molecule has 0 saturated heterocycles. The van der Waals surface area contributed by atoms with E-state index in [-0.39, 0.29) is 0 Å². The van der Waals surface area contributed by atoms with E-state index in [0.717, 1.165) is 31.3 Å². The van der Waals surface area contributed by atoms with Crippen molar-refractivity contribution >= 4 is 0 Å². The largest absolute Gasteiger partial charge is 0.313 e. The van der Waals surface area contributed by atoms with Crippen molar-refractivity contribution in [3.05, 3.63) is 11.6 Å². The number of likely N-dealkylation sites (N-methyl/N-ethyl adjacent to an activating group) is 1. The van der Waals surface area contributed by atoms with E-state index >= 15 is 0 Å². The van der Waals surface area contributed by atoms with Crippen molar-refractivity contribution in [2.24, 2.45) is 0 Å². The Morgan fingerprint density at radius 1 is 1.27 bits per heavy atom. The minimum Gasteiger partial charge on any atom is -0.313 e. The van der Waals surface area contributed by atoms with Crippen LogP contribution in [0.15, 0.2) is 0 Å². The van der Waals surface area contributed by atoms with Crippen LogP contribution in [0.4, 0.5) is 0 Å². The number of rotatable bonds is 0. The maximum Gasteiger partial charge on any atom is 0.147 e. The van der Waals surface area contributed by atoms with Gasteiger partial charge in [0.15, 0.2) is 0 Å². The molecule has 0 bridgehead atoms. The van der Waals surface area contributed by atoms with Crippen LogP contribution < -0.4 is 0 Å². The van der Waals surface area contributed by atoms with Crippen LogP contribution >= 0.6 is 0 Å². The zero-order valence-corrected chi connectivity index (χ0v) is 6.91. The molecule has 1 aromatic heterocycles. The highest BCUT2D eigenvalue weighted by molar-refractivity contribution is 4.96. The van der Waals surface area contributed by atoms with E-state index in [1.165, 1.54) is 0 Å². The second-order valence-corrected chi connectivity index (χ2v) is 3.05. The Morgan fingerprint density at radius 2 is 2.09 bits per heavy atom. The van der Waals surface area contributed by atoms with Gasteiger partial charge in [0, 0.05) is 13.1 Å². The van der Waals surface area contributed by atoms with E-state index in [1.807, 2.05) is 6.92 Å². The predicted octanol–water partition coefficient (Wildman–Crippen LogP) is 0.0319. The summed E-state index contributed by atoms with van der Waals surface area (Å²) in [6.45, 7) is 5.07. The van der Waals surface area contributed by atoms with Crippen LogP contribution in [0.3, 0.4) is 0 Å². The lowest BCUT2D eigenvalue weighted by molar-refractivity contribution is 0.263. The maximum absolute atomic E-state index is 4.08. The van der Waals surface area contributed by atoms with Crippen LogP contribution in [0.5, 0.6) is 0 Å². The third-order valence-electron chi connectivity index (χ3n) is 2.13. The summed E-state index contributed by atoms with van der Waals surface area (Å²) in [6.07, 6.45) is 0. The molecular weight excluding hydrogens is 140 g/mol. The van der Waals surface area contributed by atoms with Gasteiger partial charge in [0.05, 0.1) is 6.54 Å². The van der Waals surface area contributed by atoms with Crippen molar-refractivity contribution in [1.29, 1.82) is 0 Å². The summed E-state index contributed by atoms with van der Waals surface area (Å²) in [5.41, 5.74) is 0. The number of aromatic nitrogens is 3. The van der Waals surface area contributed by atoms with Crippen LogP contribution in [0.1, 0.15) is 11.6 Å². The van der Waals surface area contributed by atoms with Crippen molar-refractivity contribution in [2.75, 3.05) is 13.6 Å². The van der Waals surface area contributed by atoms with Crippen molar-refractivity contribution in [1.82, 2.24) is 19.7 Å². The van der Waals surface area contributed by atoms with Crippen LogP contribution in [0.2, 0.25) is 0 Å². The summed E-state index contributed by atoms with van der Waals surface area (Å²) < 4.78 is 2.18. The van der Waals surface area contributed by atoms with Gasteiger partial charge in [-0.25, -0.2) is 0 Å². The van der Waals surface area contributed by atoms with Crippen molar-refractivity contribution < 1.29 is 0 Å². The lowest BCUT2D eigenvalue weighted by Crippen LogP contribution is -2.30. The quantitative estimate of drug-likeness (QED) is 0.526. The Bertz CT molecular complexity index is 265. The Morgan fingerprint density at radius 3 is 2.91 bits per heavy atom. The topological polar surface area (TPSA) is 34.0 Å². The molecule has 4 nitrogen and oxygen atoms in total. The van der Waals surface area contributed by atoms with Gasteiger partial charge < -0.3 is 4.57 Å². The molecule has 0 amide bonds. The summed E-state index contributed by atoms with van der Waals surface area (Å²) in [5, 5.41) is 8.10. The zero-order valence-electron chi connectivity index (χ0n) is 6.91. The molecule has 0 fully saturated rings. The molecule has 0 spiro atoms. The molecule has 1 aliphatic rings. The Labute approximate surface area is 65.8 Å². The van der Waals surface area contributed by atoms with Gasteiger partial charge in [0.1, 0.15) is 11.6 Å². The van der Waals surface area contributed by atoms with Gasteiger partial charge in [-0.2, -0.15) is 0 Å². The highest BCUT2D eigenvalue weighted by Crippen LogP contribution is 2.08. The normalized spacial score (nSPS) is 18.4. The van der Waals surface area contributed by atoms with E-state index in [4.69, 9.17) is 0 Å². The van der Waals surface area contributed by atoms with E-state index in [2.05, 4.69) is 26.7 Å². The number of hydrogen-bond acceptors (Lipinski definition) is 3. The van der Waals surface area contributed by atoms with Gasteiger partial charge in [-0.15, -0.1) is 10.2 Å². The average molecular weight is 152 g/mol. The molecule has 0 radical (unpaired) electrons. The zero-order chi connectivity index (χ0) is 7.84. The molecule has 1 aliphatic heterocycles. The number of hydrogen-bond donors (Lipinski definition) is 0. The molecule has 0 aliphatic carbocycles. The maximum atomic E-state index is 4.08. The second-order valence-electron chi connectivity index (χ2n) is 3.05. The van der Waals surface area contributed by atoms with E-state index in [9.17, 15) is 0 Å². The molecule has 2 heterocycles. The molecule has 2 rings (SSSR count). The molecule has 0 aromatic carbocycles. The molecule has 0 atom stereocenters. The Balaban J connectivity index is 2.36. The lowest BCUT2D eigenvalue weighted by Gasteiger charge is -2.22. The standard InChI is InChI=1S/C7H12N4/c1-6-8-9-7-5-10(2)3-4-11(6)7/h3-5H2,1-2H3. The number of nitrogens with zero attached hydrogens (tertiary/aromatic N) is 4. The fraction of sp³-hybridized carbons (Fsp3) is 0.714. The highest BCUT2D eigenvalue weighted by atomic mass is 15.3. The minimum absolute atomic E-state index is 0.931. The smallest absolute Gasteiger partial charge is 0.147 e. The van der Waals surface area contributed by atoms with Crippen molar-refractivity contribution in [3.8, 4) is 0 Å². The first-order valence-electron chi connectivity index (χ1n) is 3.84. The molecule has 4 heteroatoms. The summed E-state index contributed by atoms with van der Waals surface area (Å²) in [6, 6.07) is 0. The van der Waals surface area contributed by atoms with E-state index in [0.29, 0.717) is 0 Å². The average Bonchev–Trinajstić information content (AvgIpc) is 2.32. The SMILES string of the molecule is Cc1nnc2n1CCN(C)C2. The Hall–Kier alpha value is -0.900. The first-order chi connectivity index (χ1) is 5.27. The van der Waals surface area contributed by atoms with Gasteiger partial charge in [0.25, 0.3) is 0 Å². The predicted molar refractivity (Wildman–Crippen MR) is 41.1 cm³/mol. The van der Waals surface area contributed by atoms with Gasteiger partial charge in [0.2, 0.25) is 0 Å². The number of fused-ring (bicyclic) bond motifs is 1. The monoisotopic (exact) mass is 152 g/mol.